The minimum atomic E-state index is -0.143. The van der Waals surface area contributed by atoms with Crippen molar-refractivity contribution in [3.8, 4) is 5.75 Å². The summed E-state index contributed by atoms with van der Waals surface area (Å²) in [5.74, 6) is 0.233. The number of phenolic OH excluding ortho intramolecular Hbond substituents is 1. The summed E-state index contributed by atoms with van der Waals surface area (Å²) in [4.78, 5) is 0. The van der Waals surface area contributed by atoms with E-state index in [0.717, 1.165) is 18.4 Å². The van der Waals surface area contributed by atoms with Gasteiger partial charge in [-0.25, -0.2) is 0 Å². The van der Waals surface area contributed by atoms with Gasteiger partial charge in [-0.1, -0.05) is 12.1 Å². The number of nitrogens with two attached hydrogens (primary N) is 2. The number of halogens is 2. The Bertz CT molecular complexity index is 309. The van der Waals surface area contributed by atoms with Gasteiger partial charge in [-0.2, -0.15) is 0 Å². The molecule has 86 valence electrons. The van der Waals surface area contributed by atoms with Crippen molar-refractivity contribution in [1.82, 2.24) is 0 Å². The number of phenols is 1. The average molecular weight is 296 g/mol. The second kappa shape index (κ2) is 7.06. The first kappa shape index (κ1) is 14.7. The van der Waals surface area contributed by atoms with Gasteiger partial charge in [0, 0.05) is 11.6 Å². The van der Waals surface area contributed by atoms with Crippen LogP contribution in [0.1, 0.15) is 24.4 Å². The van der Waals surface area contributed by atoms with Crippen LogP contribution >= 0.6 is 28.3 Å². The third kappa shape index (κ3) is 3.99. The molecular weight excluding hydrogens is 279 g/mol. The fourth-order valence-corrected chi connectivity index (χ4v) is 1.71. The summed E-state index contributed by atoms with van der Waals surface area (Å²) < 4.78 is 0.679. The van der Waals surface area contributed by atoms with Crippen LogP contribution in [0, 0.1) is 0 Å². The molecule has 1 aromatic carbocycles. The highest BCUT2D eigenvalue weighted by atomic mass is 79.9. The molecule has 3 nitrogen and oxygen atoms in total. The van der Waals surface area contributed by atoms with Gasteiger partial charge in [0.2, 0.25) is 0 Å². The van der Waals surface area contributed by atoms with Gasteiger partial charge in [0.25, 0.3) is 0 Å². The lowest BCUT2D eigenvalue weighted by molar-refractivity contribution is 0.454. The fourth-order valence-electron chi connectivity index (χ4n) is 1.32. The maximum Gasteiger partial charge on any atom is 0.134 e. The first-order valence-corrected chi connectivity index (χ1v) is 5.39. The van der Waals surface area contributed by atoms with E-state index in [2.05, 4.69) is 15.9 Å². The third-order valence-electron chi connectivity index (χ3n) is 2.14. The van der Waals surface area contributed by atoms with E-state index < -0.39 is 0 Å². The van der Waals surface area contributed by atoms with Crippen LogP contribution < -0.4 is 11.5 Å². The highest BCUT2D eigenvalue weighted by Gasteiger charge is 2.11. The van der Waals surface area contributed by atoms with E-state index in [1.807, 2.05) is 12.1 Å². The summed E-state index contributed by atoms with van der Waals surface area (Å²) in [6.45, 7) is 0.627. The van der Waals surface area contributed by atoms with Crippen molar-refractivity contribution < 1.29 is 5.11 Å². The second-order valence-corrected chi connectivity index (χ2v) is 4.07. The van der Waals surface area contributed by atoms with Gasteiger partial charge in [-0.05, 0) is 41.4 Å². The predicted molar refractivity (Wildman–Crippen MR) is 68.3 cm³/mol. The summed E-state index contributed by atoms with van der Waals surface area (Å²) in [5, 5.41) is 9.71. The van der Waals surface area contributed by atoms with E-state index >= 15 is 0 Å². The van der Waals surface area contributed by atoms with E-state index in [1.54, 1.807) is 6.07 Å². The molecule has 0 spiro atoms. The van der Waals surface area contributed by atoms with Crippen LogP contribution in [0.4, 0.5) is 0 Å². The molecule has 0 unspecified atom stereocenters. The van der Waals surface area contributed by atoms with Gasteiger partial charge in [-0.15, -0.1) is 12.4 Å². The zero-order valence-electron chi connectivity index (χ0n) is 8.32. The zero-order valence-corrected chi connectivity index (χ0v) is 10.7. The Morgan fingerprint density at radius 2 is 2.07 bits per heavy atom. The van der Waals surface area contributed by atoms with Crippen LogP contribution in [0.15, 0.2) is 22.7 Å². The van der Waals surface area contributed by atoms with Gasteiger partial charge in [-0.3, -0.25) is 0 Å². The number of para-hydroxylation sites is 1. The molecule has 1 aromatic rings. The largest absolute Gasteiger partial charge is 0.506 e. The Morgan fingerprint density at radius 3 is 2.67 bits per heavy atom. The van der Waals surface area contributed by atoms with Gasteiger partial charge in [0.1, 0.15) is 5.75 Å². The monoisotopic (exact) mass is 294 g/mol. The number of rotatable bonds is 4. The Kier molecular flexibility index (Phi) is 6.92. The number of hydrogen-bond donors (Lipinski definition) is 3. The van der Waals surface area contributed by atoms with Crippen LogP contribution in [-0.2, 0) is 0 Å². The predicted octanol–water partition coefficient (Wildman–Crippen LogP) is 2.32. The Hall–Kier alpha value is -0.290. The molecule has 0 heterocycles. The topological polar surface area (TPSA) is 72.3 Å². The fraction of sp³-hybridized carbons (Fsp3) is 0.400. The Morgan fingerprint density at radius 1 is 1.40 bits per heavy atom. The minimum Gasteiger partial charge on any atom is -0.506 e. The van der Waals surface area contributed by atoms with Crippen LogP contribution in [-0.4, -0.2) is 11.7 Å². The van der Waals surface area contributed by atoms with Crippen LogP contribution in [0.2, 0.25) is 0 Å². The summed E-state index contributed by atoms with van der Waals surface area (Å²) in [5.41, 5.74) is 12.1. The SMILES string of the molecule is Cl.NCCC[C@H](N)c1cccc(Br)c1O. The van der Waals surface area contributed by atoms with Crippen molar-refractivity contribution in [2.24, 2.45) is 11.5 Å². The maximum absolute atomic E-state index is 9.71. The van der Waals surface area contributed by atoms with E-state index in [4.69, 9.17) is 11.5 Å². The molecule has 0 saturated carbocycles. The molecular formula is C10H16BrClN2O. The number of hydrogen-bond acceptors (Lipinski definition) is 3. The first-order chi connectivity index (χ1) is 6.66. The van der Waals surface area contributed by atoms with Crippen LogP contribution in [0.5, 0.6) is 5.75 Å². The van der Waals surface area contributed by atoms with Gasteiger partial charge in [0.05, 0.1) is 4.47 Å². The molecule has 0 aliphatic carbocycles. The Labute approximate surface area is 104 Å². The first-order valence-electron chi connectivity index (χ1n) is 4.60. The van der Waals surface area contributed by atoms with E-state index in [9.17, 15) is 5.11 Å². The van der Waals surface area contributed by atoms with Gasteiger partial charge in [0.15, 0.2) is 0 Å². The molecule has 15 heavy (non-hydrogen) atoms. The van der Waals surface area contributed by atoms with Crippen molar-refractivity contribution in [2.45, 2.75) is 18.9 Å². The van der Waals surface area contributed by atoms with Crippen molar-refractivity contribution >= 4 is 28.3 Å². The van der Waals surface area contributed by atoms with E-state index in [1.165, 1.54) is 0 Å². The molecule has 0 saturated heterocycles. The van der Waals surface area contributed by atoms with Gasteiger partial charge >= 0.3 is 0 Å². The standard InChI is InChI=1S/C10H15BrN2O.ClH/c11-8-4-1-3-7(10(8)14)9(13)5-2-6-12;/h1,3-4,9,14H,2,5-6,12-13H2;1H/t9-;/m0./s1. The summed E-state index contributed by atoms with van der Waals surface area (Å²) in [7, 11) is 0. The Balaban J connectivity index is 0.00000196. The van der Waals surface area contributed by atoms with Crippen LogP contribution in [0.3, 0.4) is 0 Å². The molecule has 0 bridgehead atoms. The summed E-state index contributed by atoms with van der Waals surface area (Å²) >= 11 is 3.25. The minimum absolute atomic E-state index is 0. The quantitative estimate of drug-likeness (QED) is 0.798. The number of benzene rings is 1. The molecule has 0 aliphatic rings. The molecule has 0 aliphatic heterocycles. The van der Waals surface area contributed by atoms with Crippen molar-refractivity contribution in [3.05, 3.63) is 28.2 Å². The molecule has 5 heteroatoms. The normalized spacial score (nSPS) is 11.9. The van der Waals surface area contributed by atoms with E-state index in [0.29, 0.717) is 11.0 Å². The average Bonchev–Trinajstić information content (AvgIpc) is 2.18. The smallest absolute Gasteiger partial charge is 0.134 e. The molecule has 1 atom stereocenters. The molecule has 0 radical (unpaired) electrons. The lowest BCUT2D eigenvalue weighted by Crippen LogP contribution is -2.12. The molecule has 0 fully saturated rings. The van der Waals surface area contributed by atoms with E-state index in [-0.39, 0.29) is 24.2 Å². The molecule has 5 N–H and O–H groups in total. The highest BCUT2D eigenvalue weighted by Crippen LogP contribution is 2.32. The lowest BCUT2D eigenvalue weighted by atomic mass is 10.0. The molecule has 0 aromatic heterocycles. The van der Waals surface area contributed by atoms with Crippen molar-refractivity contribution in [2.75, 3.05) is 6.54 Å². The highest BCUT2D eigenvalue weighted by molar-refractivity contribution is 9.10. The maximum atomic E-state index is 9.71. The number of aromatic hydroxyl groups is 1. The van der Waals surface area contributed by atoms with Crippen molar-refractivity contribution in [1.29, 1.82) is 0 Å². The summed E-state index contributed by atoms with van der Waals surface area (Å²) in [6.07, 6.45) is 1.66. The van der Waals surface area contributed by atoms with Crippen molar-refractivity contribution in [3.63, 3.8) is 0 Å². The molecule has 1 rings (SSSR count). The summed E-state index contributed by atoms with van der Waals surface area (Å²) in [6, 6.07) is 5.34. The second-order valence-electron chi connectivity index (χ2n) is 3.22. The van der Waals surface area contributed by atoms with Gasteiger partial charge < -0.3 is 16.6 Å². The molecule has 0 amide bonds. The lowest BCUT2D eigenvalue weighted by Gasteiger charge is -2.13. The van der Waals surface area contributed by atoms with Crippen LogP contribution in [0.25, 0.3) is 0 Å². The third-order valence-corrected chi connectivity index (χ3v) is 2.78. The zero-order chi connectivity index (χ0) is 10.6.